The van der Waals surface area contributed by atoms with Crippen LogP contribution in [-0.4, -0.2) is 39.1 Å². The molecule has 0 unspecified atom stereocenters. The van der Waals surface area contributed by atoms with Gasteiger partial charge in [-0.15, -0.1) is 0 Å². The molecule has 0 N–H and O–H groups in total. The smallest absolute Gasteiger partial charge is 0.249 e. The summed E-state index contributed by atoms with van der Waals surface area (Å²) in [5, 5.41) is 0.137. The van der Waals surface area contributed by atoms with Crippen LogP contribution in [0.3, 0.4) is 0 Å². The number of thiazole rings is 1. The maximum atomic E-state index is 14.1. The number of imide groups is 1. The molecule has 1 saturated heterocycles. The summed E-state index contributed by atoms with van der Waals surface area (Å²) in [6.45, 7) is -0.391. The van der Waals surface area contributed by atoms with E-state index in [2.05, 4.69) is 9.97 Å². The number of fused-ring (bicyclic) bond motifs is 1. The van der Waals surface area contributed by atoms with E-state index in [0.29, 0.717) is 5.56 Å². The van der Waals surface area contributed by atoms with Gasteiger partial charge in [-0.05, 0) is 17.7 Å². The Balaban J connectivity index is 1.70. The predicted octanol–water partition coefficient (Wildman–Crippen LogP) is 2.65. The molecule has 0 aliphatic carbocycles. The zero-order valence-electron chi connectivity index (χ0n) is 15.0. The minimum absolute atomic E-state index is 0.0484. The zero-order valence-corrected chi connectivity index (χ0v) is 15.8. The highest BCUT2D eigenvalue weighted by molar-refractivity contribution is 7.22. The third kappa shape index (κ3) is 3.83. The highest BCUT2D eigenvalue weighted by Gasteiger charge is 2.33. The van der Waals surface area contributed by atoms with Crippen LogP contribution < -0.4 is 4.90 Å². The third-order valence-corrected chi connectivity index (χ3v) is 5.47. The number of hydrogen-bond donors (Lipinski definition) is 0. The Bertz CT molecular complexity index is 1100. The summed E-state index contributed by atoms with van der Waals surface area (Å²) in [6, 6.07) is 5.30. The number of amides is 3. The van der Waals surface area contributed by atoms with Crippen molar-refractivity contribution in [3.05, 3.63) is 53.9 Å². The number of halogens is 2. The van der Waals surface area contributed by atoms with Gasteiger partial charge >= 0.3 is 0 Å². The van der Waals surface area contributed by atoms with Gasteiger partial charge in [0.2, 0.25) is 17.7 Å². The SMILES string of the molecule is O=C1CCC(=O)N1CC(=O)N(Cc1cccnc1)c1nc2c(F)cc(F)cc2s1. The number of rotatable bonds is 5. The van der Waals surface area contributed by atoms with Crippen LogP contribution in [0.4, 0.5) is 13.9 Å². The van der Waals surface area contributed by atoms with Crippen LogP contribution in [0.1, 0.15) is 18.4 Å². The van der Waals surface area contributed by atoms with E-state index in [1.165, 1.54) is 4.90 Å². The standard InChI is InChI=1S/C19H14F2N4O3S/c20-12-6-13(21)18-14(7-12)29-19(23-18)25(9-11-2-1-5-22-8-11)17(28)10-24-15(26)3-4-16(24)27/h1-2,5-8H,3-4,9-10H2. The third-order valence-electron chi connectivity index (χ3n) is 4.45. The summed E-state index contributed by atoms with van der Waals surface area (Å²) in [7, 11) is 0. The van der Waals surface area contributed by atoms with E-state index in [0.717, 1.165) is 28.4 Å². The minimum Gasteiger partial charge on any atom is -0.282 e. The summed E-state index contributed by atoms with van der Waals surface area (Å²) in [5.41, 5.74) is 0.620. The molecular weight excluding hydrogens is 402 g/mol. The quantitative estimate of drug-likeness (QED) is 0.597. The van der Waals surface area contributed by atoms with Gasteiger partial charge in [-0.2, -0.15) is 0 Å². The van der Waals surface area contributed by atoms with E-state index in [-0.39, 0.29) is 34.7 Å². The van der Waals surface area contributed by atoms with Gasteiger partial charge in [-0.1, -0.05) is 17.4 Å². The van der Waals surface area contributed by atoms with Crippen molar-refractivity contribution in [1.29, 1.82) is 0 Å². The summed E-state index contributed by atoms with van der Waals surface area (Å²) in [6.07, 6.45) is 3.27. The molecule has 1 aromatic carbocycles. The first kappa shape index (κ1) is 19.1. The summed E-state index contributed by atoms with van der Waals surface area (Å²) in [5.74, 6) is -2.97. The fourth-order valence-corrected chi connectivity index (χ4v) is 4.04. The van der Waals surface area contributed by atoms with Crippen molar-refractivity contribution in [2.75, 3.05) is 11.4 Å². The van der Waals surface area contributed by atoms with Gasteiger partial charge in [0.15, 0.2) is 10.9 Å². The second kappa shape index (κ2) is 7.63. The van der Waals surface area contributed by atoms with Crippen LogP contribution in [0.2, 0.25) is 0 Å². The number of anilines is 1. The van der Waals surface area contributed by atoms with E-state index >= 15 is 0 Å². The van der Waals surface area contributed by atoms with E-state index < -0.39 is 35.9 Å². The summed E-state index contributed by atoms with van der Waals surface area (Å²) in [4.78, 5) is 47.1. The van der Waals surface area contributed by atoms with E-state index in [4.69, 9.17) is 0 Å². The van der Waals surface area contributed by atoms with E-state index in [1.807, 2.05) is 0 Å². The van der Waals surface area contributed by atoms with Crippen molar-refractivity contribution < 1.29 is 23.2 Å². The monoisotopic (exact) mass is 416 g/mol. The molecule has 0 atom stereocenters. The number of pyridine rings is 1. The highest BCUT2D eigenvalue weighted by Crippen LogP contribution is 2.32. The van der Waals surface area contributed by atoms with Crippen LogP contribution in [0.25, 0.3) is 10.2 Å². The minimum atomic E-state index is -0.832. The molecule has 148 valence electrons. The Morgan fingerprint density at radius 1 is 1.21 bits per heavy atom. The molecule has 3 heterocycles. The Hall–Kier alpha value is -3.27. The lowest BCUT2D eigenvalue weighted by Crippen LogP contribution is -2.42. The van der Waals surface area contributed by atoms with Gasteiger partial charge in [0, 0.05) is 31.3 Å². The normalized spacial score (nSPS) is 14.1. The molecule has 29 heavy (non-hydrogen) atoms. The molecule has 3 aromatic rings. The average Bonchev–Trinajstić information content (AvgIpc) is 3.25. The van der Waals surface area contributed by atoms with Crippen molar-refractivity contribution in [1.82, 2.24) is 14.9 Å². The molecule has 2 aromatic heterocycles. The van der Waals surface area contributed by atoms with Gasteiger partial charge in [0.25, 0.3) is 0 Å². The fraction of sp³-hybridized carbons (Fsp3) is 0.211. The highest BCUT2D eigenvalue weighted by atomic mass is 32.1. The first-order valence-electron chi connectivity index (χ1n) is 8.70. The number of nitrogens with zero attached hydrogens (tertiary/aromatic N) is 4. The number of hydrogen-bond acceptors (Lipinski definition) is 6. The van der Waals surface area contributed by atoms with E-state index in [1.54, 1.807) is 24.5 Å². The molecule has 0 radical (unpaired) electrons. The number of likely N-dealkylation sites (tertiary alicyclic amines) is 1. The first-order valence-corrected chi connectivity index (χ1v) is 9.52. The van der Waals surface area contributed by atoms with Gasteiger partial charge in [0.05, 0.1) is 11.2 Å². The van der Waals surface area contributed by atoms with Crippen molar-refractivity contribution in [3.8, 4) is 0 Å². The predicted molar refractivity (Wildman–Crippen MR) is 101 cm³/mol. The van der Waals surface area contributed by atoms with Gasteiger partial charge in [0.1, 0.15) is 17.9 Å². The second-order valence-corrected chi connectivity index (χ2v) is 7.45. The number of benzene rings is 1. The molecule has 7 nitrogen and oxygen atoms in total. The lowest BCUT2D eigenvalue weighted by molar-refractivity contribution is -0.141. The Labute approximate surface area is 167 Å². The summed E-state index contributed by atoms with van der Waals surface area (Å²) < 4.78 is 27.9. The van der Waals surface area contributed by atoms with Gasteiger partial charge in [-0.3, -0.25) is 29.2 Å². The molecule has 1 aliphatic rings. The molecule has 1 aliphatic heterocycles. The first-order chi connectivity index (χ1) is 13.9. The van der Waals surface area contributed by atoms with Crippen molar-refractivity contribution in [2.24, 2.45) is 0 Å². The van der Waals surface area contributed by atoms with Crippen LogP contribution in [0.5, 0.6) is 0 Å². The second-order valence-electron chi connectivity index (χ2n) is 6.45. The number of aromatic nitrogens is 2. The van der Waals surface area contributed by atoms with Crippen LogP contribution in [0.15, 0.2) is 36.7 Å². The van der Waals surface area contributed by atoms with E-state index in [9.17, 15) is 23.2 Å². The van der Waals surface area contributed by atoms with Crippen LogP contribution >= 0.6 is 11.3 Å². The molecular formula is C19H14F2N4O3S. The molecule has 0 spiro atoms. The molecule has 3 amide bonds. The fourth-order valence-electron chi connectivity index (χ4n) is 3.02. The molecule has 4 rings (SSSR count). The maximum absolute atomic E-state index is 14.1. The lowest BCUT2D eigenvalue weighted by Gasteiger charge is -2.22. The molecule has 1 fully saturated rings. The molecule has 0 saturated carbocycles. The Kier molecular flexibility index (Phi) is 5.01. The van der Waals surface area contributed by atoms with Crippen molar-refractivity contribution in [2.45, 2.75) is 19.4 Å². The maximum Gasteiger partial charge on any atom is 0.249 e. The van der Waals surface area contributed by atoms with Crippen molar-refractivity contribution in [3.63, 3.8) is 0 Å². The number of carbonyl (C=O) groups is 3. The van der Waals surface area contributed by atoms with Crippen LogP contribution in [0, 0.1) is 11.6 Å². The van der Waals surface area contributed by atoms with Gasteiger partial charge < -0.3 is 0 Å². The lowest BCUT2D eigenvalue weighted by atomic mass is 10.2. The van der Waals surface area contributed by atoms with Crippen LogP contribution in [-0.2, 0) is 20.9 Å². The zero-order chi connectivity index (χ0) is 20.5. The topological polar surface area (TPSA) is 83.5 Å². The number of carbonyl (C=O) groups excluding carboxylic acids is 3. The molecule has 10 heteroatoms. The van der Waals surface area contributed by atoms with Crippen molar-refractivity contribution >= 4 is 44.4 Å². The Morgan fingerprint density at radius 2 is 1.97 bits per heavy atom. The average molecular weight is 416 g/mol. The Morgan fingerprint density at radius 3 is 2.66 bits per heavy atom. The summed E-state index contributed by atoms with van der Waals surface area (Å²) >= 11 is 0.946. The largest absolute Gasteiger partial charge is 0.282 e. The molecule has 0 bridgehead atoms. The van der Waals surface area contributed by atoms with Gasteiger partial charge in [-0.25, -0.2) is 13.8 Å².